The summed E-state index contributed by atoms with van der Waals surface area (Å²) in [5.74, 6) is 0. The minimum atomic E-state index is -0.545. The van der Waals surface area contributed by atoms with Crippen molar-refractivity contribution >= 4 is 73.1 Å². The van der Waals surface area contributed by atoms with Gasteiger partial charge in [0.05, 0.1) is 27.9 Å². The van der Waals surface area contributed by atoms with Crippen molar-refractivity contribution in [3.63, 3.8) is 0 Å². The molecule has 1 aromatic heterocycles. The van der Waals surface area contributed by atoms with Gasteiger partial charge in [0, 0.05) is 50.3 Å². The molecule has 17 rings (SSSR count). The van der Waals surface area contributed by atoms with E-state index in [0.29, 0.717) is 0 Å². The van der Waals surface area contributed by atoms with Gasteiger partial charge in [-0.05, 0) is 175 Å². The zero-order valence-corrected chi connectivity index (χ0v) is 50.2. The van der Waals surface area contributed by atoms with Crippen LogP contribution in [0.25, 0.3) is 55.3 Å². The van der Waals surface area contributed by atoms with Crippen molar-refractivity contribution in [3.05, 3.63) is 354 Å². The highest BCUT2D eigenvalue weighted by atomic mass is 16.3. The Hall–Kier alpha value is -10.9. The van der Waals surface area contributed by atoms with E-state index >= 15 is 0 Å². The molecule has 13 aromatic carbocycles. The summed E-state index contributed by atoms with van der Waals surface area (Å²) in [6.07, 6.45) is 0. The largest absolute Gasteiger partial charge is 0.454 e. The Bertz CT molecular complexity index is 5010. The lowest BCUT2D eigenvalue weighted by Crippen LogP contribution is -2.28. The maximum Gasteiger partial charge on any atom is 0.161 e. The molecule has 0 amide bonds. The van der Waals surface area contributed by atoms with Gasteiger partial charge in [-0.3, -0.25) is 0 Å². The quantitative estimate of drug-likeness (QED) is 0.129. The van der Waals surface area contributed by atoms with Crippen LogP contribution in [-0.4, -0.2) is 0 Å². The molecule has 3 aliphatic rings. The van der Waals surface area contributed by atoms with Gasteiger partial charge in [-0.2, -0.15) is 0 Å². The van der Waals surface area contributed by atoms with Crippen molar-refractivity contribution in [2.45, 2.75) is 43.9 Å². The molecule has 4 heteroatoms. The van der Waals surface area contributed by atoms with E-state index in [0.717, 1.165) is 73.1 Å². The first-order valence-corrected chi connectivity index (χ1v) is 31.1. The van der Waals surface area contributed by atoms with Crippen molar-refractivity contribution in [1.29, 1.82) is 0 Å². The average molecular weight is 1140 g/mol. The molecule has 424 valence electrons. The highest BCUT2D eigenvalue weighted by Gasteiger charge is 2.47. The van der Waals surface area contributed by atoms with E-state index in [2.05, 4.69) is 352 Å². The third-order valence-corrected chi connectivity index (χ3v) is 19.7. The molecule has 0 unspecified atom stereocenters. The number of rotatable bonds is 11. The molecule has 4 nitrogen and oxygen atoms in total. The van der Waals surface area contributed by atoms with Gasteiger partial charge in [0.25, 0.3) is 0 Å². The molecule has 0 bridgehead atoms. The Morgan fingerprint density at radius 1 is 0.270 bits per heavy atom. The highest BCUT2D eigenvalue weighted by molar-refractivity contribution is 6.18. The summed E-state index contributed by atoms with van der Waals surface area (Å²) in [7, 11) is 0. The maximum atomic E-state index is 7.55. The molecule has 14 aromatic rings. The molecule has 3 aliphatic carbocycles. The van der Waals surface area contributed by atoms with Crippen molar-refractivity contribution in [3.8, 4) is 33.4 Å². The van der Waals surface area contributed by atoms with Gasteiger partial charge in [-0.25, -0.2) is 0 Å². The number of hydrogen-bond acceptors (Lipinski definition) is 4. The third-order valence-electron chi connectivity index (χ3n) is 19.7. The summed E-state index contributed by atoms with van der Waals surface area (Å²) in [5.41, 5.74) is 27.8. The number of hydrogen-bond donors (Lipinski definition) is 0. The molecule has 0 saturated carbocycles. The average Bonchev–Trinajstić information content (AvgIpc) is 1.67. The molecule has 0 aliphatic heterocycles. The summed E-state index contributed by atoms with van der Waals surface area (Å²) in [6, 6.07) is 114. The summed E-state index contributed by atoms with van der Waals surface area (Å²) < 4.78 is 7.55. The summed E-state index contributed by atoms with van der Waals surface area (Å²) >= 11 is 0. The number of furan rings is 1. The lowest BCUT2D eigenvalue weighted by atomic mass is 9.68. The van der Waals surface area contributed by atoms with E-state index in [9.17, 15) is 0 Å². The second-order valence-electron chi connectivity index (χ2n) is 25.1. The van der Waals surface area contributed by atoms with Gasteiger partial charge in [0.15, 0.2) is 5.58 Å². The normalized spacial score (nSPS) is 14.1. The summed E-state index contributed by atoms with van der Waals surface area (Å²) in [4.78, 5) is 7.33. The Kier molecular flexibility index (Phi) is 11.8. The molecular weight excluding hydrogens is 1080 g/mol. The van der Waals surface area contributed by atoms with E-state index < -0.39 is 5.41 Å². The van der Waals surface area contributed by atoms with E-state index in [1.165, 1.54) is 77.9 Å². The van der Waals surface area contributed by atoms with Crippen LogP contribution in [-0.2, 0) is 16.2 Å². The van der Waals surface area contributed by atoms with Crippen LogP contribution in [0.15, 0.2) is 314 Å². The Labute approximate surface area is 520 Å². The molecular formula is C85H63N3O. The number of anilines is 9. The van der Waals surface area contributed by atoms with Crippen LogP contribution in [0.4, 0.5) is 51.2 Å². The summed E-state index contributed by atoms with van der Waals surface area (Å²) in [5, 5.41) is 2.00. The molecule has 0 radical (unpaired) electrons. The fourth-order valence-corrected chi connectivity index (χ4v) is 15.8. The number of para-hydroxylation sites is 3. The third kappa shape index (κ3) is 7.79. The Morgan fingerprint density at radius 3 is 1.31 bits per heavy atom. The minimum absolute atomic E-state index is 0.216. The van der Waals surface area contributed by atoms with Crippen molar-refractivity contribution in [2.24, 2.45) is 0 Å². The van der Waals surface area contributed by atoms with Crippen molar-refractivity contribution < 1.29 is 4.42 Å². The topological polar surface area (TPSA) is 22.9 Å². The Balaban J connectivity index is 0.944. The predicted molar refractivity (Wildman–Crippen MR) is 370 cm³/mol. The van der Waals surface area contributed by atoms with Crippen LogP contribution in [0.2, 0.25) is 0 Å². The van der Waals surface area contributed by atoms with Gasteiger partial charge < -0.3 is 19.1 Å². The van der Waals surface area contributed by atoms with E-state index in [1.54, 1.807) is 0 Å². The SMILES string of the molecule is CC1(C)c2ccccc2-c2ccc(N(c3ccc4oc5c(N(c6ccccc6)c6ccccc6)ccc(N(c6ccccc6)c6ccc7c(c6)-c6ccccc6C7(c6ccccc6)c6ccccc6)c5c4c3)c3cccc4c3C(C)(C)c3ccccc3-4)cc21. The van der Waals surface area contributed by atoms with E-state index in [-0.39, 0.29) is 10.8 Å². The molecule has 0 N–H and O–H groups in total. The van der Waals surface area contributed by atoms with Crippen LogP contribution < -0.4 is 14.7 Å². The smallest absolute Gasteiger partial charge is 0.161 e. The molecule has 0 fully saturated rings. The van der Waals surface area contributed by atoms with Gasteiger partial charge in [0.1, 0.15) is 5.58 Å². The first-order chi connectivity index (χ1) is 43.7. The van der Waals surface area contributed by atoms with Crippen molar-refractivity contribution in [2.75, 3.05) is 14.7 Å². The van der Waals surface area contributed by atoms with Crippen LogP contribution in [0.5, 0.6) is 0 Å². The van der Waals surface area contributed by atoms with Gasteiger partial charge in [-0.1, -0.05) is 240 Å². The summed E-state index contributed by atoms with van der Waals surface area (Å²) in [6.45, 7) is 9.55. The number of fused-ring (bicyclic) bond motifs is 12. The second kappa shape index (κ2) is 20.1. The molecule has 0 spiro atoms. The monoisotopic (exact) mass is 1140 g/mol. The second-order valence-corrected chi connectivity index (χ2v) is 25.1. The molecule has 0 saturated heterocycles. The standard InChI is InChI=1S/C85H63N3O/c1-83(2)71-41-23-20-37-64(71)67-48-45-63(55-75(67)83)88(77-44-26-40-68-65-38-21-24-42-72(65)84(3,4)81(68)77)62-47-52-79-70(54-62)80-76(50-51-78(82(80)89-79)86(58-31-14-7-15-32-58)59-33-16-8-17-34-59)87(60-35-18-9-19-36-60)61-46-49-74-69(53-61)66-39-22-25-43-73(66)85(74,56-27-10-5-11-28-56)57-29-12-6-13-30-57/h5-55H,1-4H3. The molecule has 0 atom stereocenters. The van der Waals surface area contributed by atoms with Crippen LogP contribution in [0.1, 0.15) is 72.2 Å². The zero-order chi connectivity index (χ0) is 59.6. The van der Waals surface area contributed by atoms with Crippen LogP contribution >= 0.6 is 0 Å². The fraction of sp³-hybridized carbons (Fsp3) is 0.0824. The van der Waals surface area contributed by atoms with Gasteiger partial charge >= 0.3 is 0 Å². The molecule has 89 heavy (non-hydrogen) atoms. The predicted octanol–water partition coefficient (Wildman–Crippen LogP) is 23.0. The first-order valence-electron chi connectivity index (χ1n) is 31.1. The Morgan fingerprint density at radius 2 is 0.697 bits per heavy atom. The lowest BCUT2D eigenvalue weighted by molar-refractivity contribution is 0.658. The highest BCUT2D eigenvalue weighted by Crippen LogP contribution is 2.60. The van der Waals surface area contributed by atoms with Crippen molar-refractivity contribution in [1.82, 2.24) is 0 Å². The van der Waals surface area contributed by atoms with Crippen LogP contribution in [0.3, 0.4) is 0 Å². The van der Waals surface area contributed by atoms with E-state index in [1.807, 2.05) is 0 Å². The number of nitrogens with zero attached hydrogens (tertiary/aromatic N) is 3. The zero-order valence-electron chi connectivity index (χ0n) is 50.2. The van der Waals surface area contributed by atoms with E-state index in [4.69, 9.17) is 4.42 Å². The number of benzene rings is 13. The first kappa shape index (κ1) is 52.4. The minimum Gasteiger partial charge on any atom is -0.454 e. The van der Waals surface area contributed by atoms with Gasteiger partial charge in [0.2, 0.25) is 0 Å². The molecule has 1 heterocycles. The lowest BCUT2D eigenvalue weighted by Gasteiger charge is -2.34. The van der Waals surface area contributed by atoms with Crippen LogP contribution in [0, 0.1) is 0 Å². The maximum absolute atomic E-state index is 7.55. The van der Waals surface area contributed by atoms with Gasteiger partial charge in [-0.15, -0.1) is 0 Å². The fourth-order valence-electron chi connectivity index (χ4n) is 15.8.